The molecule has 96 valence electrons. The van der Waals surface area contributed by atoms with Crippen molar-refractivity contribution in [2.75, 3.05) is 13.1 Å². The molecular weight excluding hydrogens is 224 g/mol. The Morgan fingerprint density at radius 2 is 2.22 bits per heavy atom. The first-order valence-corrected chi connectivity index (χ1v) is 6.74. The predicted octanol–water partition coefficient (Wildman–Crippen LogP) is 1.53. The molecule has 1 heterocycles. The number of carbonyl (C=O) groups is 1. The summed E-state index contributed by atoms with van der Waals surface area (Å²) in [7, 11) is 0. The lowest BCUT2D eigenvalue weighted by Crippen LogP contribution is -2.44. The zero-order valence-electron chi connectivity index (χ0n) is 10.8. The van der Waals surface area contributed by atoms with Crippen molar-refractivity contribution in [2.24, 2.45) is 11.7 Å². The molecule has 3 N–H and O–H groups in total. The van der Waals surface area contributed by atoms with Crippen LogP contribution in [0.3, 0.4) is 0 Å². The maximum Gasteiger partial charge on any atom is 0.222 e. The van der Waals surface area contributed by atoms with Gasteiger partial charge >= 0.3 is 0 Å². The van der Waals surface area contributed by atoms with Crippen LogP contribution in [0.15, 0.2) is 24.3 Å². The quantitative estimate of drug-likeness (QED) is 0.787. The number of rotatable bonds is 1. The Labute approximate surface area is 108 Å². The molecule has 1 amide bonds. The molecule has 3 unspecified atom stereocenters. The van der Waals surface area contributed by atoms with E-state index in [9.17, 15) is 4.79 Å². The van der Waals surface area contributed by atoms with Gasteiger partial charge in [0.2, 0.25) is 5.91 Å². The molecule has 1 aromatic carbocycles. The average molecular weight is 244 g/mol. The van der Waals surface area contributed by atoms with Crippen molar-refractivity contribution in [3.05, 3.63) is 35.4 Å². The zero-order valence-corrected chi connectivity index (χ0v) is 10.8. The van der Waals surface area contributed by atoms with E-state index in [2.05, 4.69) is 36.5 Å². The molecule has 0 aromatic heterocycles. The van der Waals surface area contributed by atoms with Gasteiger partial charge in [-0.2, -0.15) is 0 Å². The number of nitrogens with two attached hydrogens (primary N) is 1. The van der Waals surface area contributed by atoms with E-state index in [1.807, 2.05) is 0 Å². The molecule has 3 atom stereocenters. The summed E-state index contributed by atoms with van der Waals surface area (Å²) in [6.45, 7) is 3.87. The molecule has 0 radical (unpaired) electrons. The topological polar surface area (TPSA) is 55.1 Å². The Bertz CT molecular complexity index is 485. The molecule has 3 rings (SSSR count). The second-order valence-corrected chi connectivity index (χ2v) is 5.77. The minimum absolute atomic E-state index is 0.0606. The second kappa shape index (κ2) is 4.09. The van der Waals surface area contributed by atoms with Crippen LogP contribution < -0.4 is 11.1 Å². The summed E-state index contributed by atoms with van der Waals surface area (Å²) in [5, 5.41) is 3.37. The van der Waals surface area contributed by atoms with Gasteiger partial charge in [-0.3, -0.25) is 4.79 Å². The summed E-state index contributed by atoms with van der Waals surface area (Å²) in [5.41, 5.74) is 8.30. The first-order chi connectivity index (χ1) is 8.65. The first-order valence-electron chi connectivity index (χ1n) is 6.74. The summed E-state index contributed by atoms with van der Waals surface area (Å²) in [5.74, 6) is 0.358. The van der Waals surface area contributed by atoms with Gasteiger partial charge in [-0.15, -0.1) is 0 Å². The molecule has 0 saturated carbocycles. The van der Waals surface area contributed by atoms with Crippen molar-refractivity contribution in [3.63, 3.8) is 0 Å². The number of carbonyl (C=O) groups excluding carboxylic acids is 1. The first kappa shape index (κ1) is 11.7. The lowest BCUT2D eigenvalue weighted by molar-refractivity contribution is -0.123. The van der Waals surface area contributed by atoms with Gasteiger partial charge in [-0.1, -0.05) is 31.2 Å². The summed E-state index contributed by atoms with van der Waals surface area (Å²) in [6.07, 6.45) is 2.20. The zero-order chi connectivity index (χ0) is 12.8. The normalized spacial score (nSPS) is 34.5. The number of nitrogens with one attached hydrogen (secondary N) is 1. The summed E-state index contributed by atoms with van der Waals surface area (Å²) >= 11 is 0. The number of primary amides is 1. The number of hydrogen-bond acceptors (Lipinski definition) is 2. The van der Waals surface area contributed by atoms with E-state index in [0.717, 1.165) is 25.9 Å². The molecule has 1 aromatic rings. The van der Waals surface area contributed by atoms with Gasteiger partial charge in [0.25, 0.3) is 0 Å². The number of hydrogen-bond donors (Lipinski definition) is 2. The lowest BCUT2D eigenvalue weighted by atomic mass is 9.62. The maximum absolute atomic E-state index is 11.7. The minimum atomic E-state index is -0.163. The van der Waals surface area contributed by atoms with Crippen LogP contribution in [0.2, 0.25) is 0 Å². The van der Waals surface area contributed by atoms with Crippen LogP contribution in [0.4, 0.5) is 0 Å². The van der Waals surface area contributed by atoms with Gasteiger partial charge < -0.3 is 11.1 Å². The minimum Gasteiger partial charge on any atom is -0.369 e. The van der Waals surface area contributed by atoms with Crippen molar-refractivity contribution in [1.82, 2.24) is 5.32 Å². The number of fused-ring (bicyclic) bond motifs is 2. The summed E-state index contributed by atoms with van der Waals surface area (Å²) < 4.78 is 0. The van der Waals surface area contributed by atoms with Crippen LogP contribution in [0.5, 0.6) is 0 Å². The van der Waals surface area contributed by atoms with Crippen LogP contribution in [0.1, 0.15) is 36.8 Å². The third-order valence-electron chi connectivity index (χ3n) is 4.85. The highest BCUT2D eigenvalue weighted by atomic mass is 16.1. The monoisotopic (exact) mass is 244 g/mol. The van der Waals surface area contributed by atoms with Crippen LogP contribution in [0, 0.1) is 5.92 Å². The molecule has 3 heteroatoms. The molecule has 1 fully saturated rings. The standard InChI is InChI=1S/C15H20N2O/c1-10-6-7-15(9-17-8-13(15)14(16)18)12-5-3-2-4-11(10)12/h2-5,10,13,17H,6-9H2,1H3,(H2,16,18). The van der Waals surface area contributed by atoms with Gasteiger partial charge in [-0.25, -0.2) is 0 Å². The molecular formula is C15H20N2O. The highest BCUT2D eigenvalue weighted by molar-refractivity contribution is 5.80. The Balaban J connectivity index is 2.14. The van der Waals surface area contributed by atoms with E-state index >= 15 is 0 Å². The number of amides is 1. The van der Waals surface area contributed by atoms with Crippen LogP contribution in [-0.4, -0.2) is 19.0 Å². The van der Waals surface area contributed by atoms with Gasteiger partial charge in [-0.05, 0) is 29.9 Å². The molecule has 1 aliphatic carbocycles. The van der Waals surface area contributed by atoms with Crippen molar-refractivity contribution < 1.29 is 4.79 Å². The van der Waals surface area contributed by atoms with E-state index < -0.39 is 0 Å². The maximum atomic E-state index is 11.7. The Hall–Kier alpha value is -1.35. The predicted molar refractivity (Wildman–Crippen MR) is 71.3 cm³/mol. The van der Waals surface area contributed by atoms with Gasteiger partial charge in [0.1, 0.15) is 0 Å². The molecule has 0 bridgehead atoms. The third-order valence-corrected chi connectivity index (χ3v) is 4.85. The Morgan fingerprint density at radius 3 is 3.00 bits per heavy atom. The summed E-state index contributed by atoms with van der Waals surface area (Å²) in [4.78, 5) is 11.7. The molecule has 2 aliphatic rings. The third kappa shape index (κ3) is 1.50. The molecule has 1 saturated heterocycles. The highest BCUT2D eigenvalue weighted by Crippen LogP contribution is 2.48. The Morgan fingerprint density at radius 1 is 1.44 bits per heavy atom. The molecule has 3 nitrogen and oxygen atoms in total. The largest absolute Gasteiger partial charge is 0.369 e. The van der Waals surface area contributed by atoms with E-state index in [4.69, 9.17) is 5.73 Å². The fraction of sp³-hybridized carbons (Fsp3) is 0.533. The Kier molecular flexibility index (Phi) is 2.67. The van der Waals surface area contributed by atoms with Crippen molar-refractivity contribution in [3.8, 4) is 0 Å². The van der Waals surface area contributed by atoms with E-state index in [-0.39, 0.29) is 17.2 Å². The molecule has 1 spiro atoms. The van der Waals surface area contributed by atoms with Crippen LogP contribution >= 0.6 is 0 Å². The van der Waals surface area contributed by atoms with Gasteiger partial charge in [0.05, 0.1) is 5.92 Å². The van der Waals surface area contributed by atoms with Gasteiger partial charge in [0.15, 0.2) is 0 Å². The van der Waals surface area contributed by atoms with E-state index in [1.165, 1.54) is 11.1 Å². The van der Waals surface area contributed by atoms with E-state index in [1.54, 1.807) is 0 Å². The van der Waals surface area contributed by atoms with Crippen molar-refractivity contribution in [2.45, 2.75) is 31.1 Å². The smallest absolute Gasteiger partial charge is 0.222 e. The summed E-state index contributed by atoms with van der Waals surface area (Å²) in [6, 6.07) is 8.57. The molecule has 18 heavy (non-hydrogen) atoms. The second-order valence-electron chi connectivity index (χ2n) is 5.77. The van der Waals surface area contributed by atoms with Crippen LogP contribution in [-0.2, 0) is 10.2 Å². The lowest BCUT2D eigenvalue weighted by Gasteiger charge is -2.41. The fourth-order valence-electron chi connectivity index (χ4n) is 3.82. The average Bonchev–Trinajstić information content (AvgIpc) is 2.80. The van der Waals surface area contributed by atoms with Crippen molar-refractivity contribution in [1.29, 1.82) is 0 Å². The van der Waals surface area contributed by atoms with Crippen molar-refractivity contribution >= 4 is 5.91 Å². The van der Waals surface area contributed by atoms with Crippen LogP contribution in [0.25, 0.3) is 0 Å². The SMILES string of the molecule is CC1CCC2(CNCC2C(N)=O)c2ccccc21. The van der Waals surface area contributed by atoms with E-state index in [0.29, 0.717) is 5.92 Å². The molecule has 1 aliphatic heterocycles. The number of benzene rings is 1. The van der Waals surface area contributed by atoms with Gasteiger partial charge in [0, 0.05) is 18.5 Å². The fourth-order valence-corrected chi connectivity index (χ4v) is 3.82. The highest BCUT2D eigenvalue weighted by Gasteiger charge is 2.49.